The minimum Gasteiger partial charge on any atom is -0.368 e. The van der Waals surface area contributed by atoms with Crippen molar-refractivity contribution in [2.75, 3.05) is 11.9 Å². The Morgan fingerprint density at radius 2 is 1.91 bits per heavy atom. The monoisotopic (exact) mass is 471 g/mol. The van der Waals surface area contributed by atoms with Crippen LogP contribution in [0.1, 0.15) is 35.8 Å². The summed E-state index contributed by atoms with van der Waals surface area (Å²) in [5, 5.41) is 7.56. The van der Waals surface area contributed by atoms with Crippen molar-refractivity contribution < 1.29 is 18.0 Å². The van der Waals surface area contributed by atoms with Gasteiger partial charge in [0.1, 0.15) is 5.82 Å². The van der Waals surface area contributed by atoms with Crippen LogP contribution in [0, 0.1) is 11.8 Å². The predicted molar refractivity (Wildman–Crippen MR) is 118 cm³/mol. The maximum absolute atomic E-state index is 13.8. The summed E-state index contributed by atoms with van der Waals surface area (Å²) >= 11 is 0. The maximum Gasteiger partial charge on any atom is 0.417 e. The van der Waals surface area contributed by atoms with Crippen LogP contribution in [-0.4, -0.2) is 54.2 Å². The third-order valence-corrected chi connectivity index (χ3v) is 6.91. The van der Waals surface area contributed by atoms with Crippen molar-refractivity contribution in [2.45, 2.75) is 38.0 Å². The fourth-order valence-electron chi connectivity index (χ4n) is 4.97. The van der Waals surface area contributed by atoms with Crippen LogP contribution in [0.5, 0.6) is 0 Å². The molecule has 178 valence electrons. The van der Waals surface area contributed by atoms with Crippen LogP contribution >= 0.6 is 0 Å². The van der Waals surface area contributed by atoms with Crippen LogP contribution in [0.15, 0.2) is 43.0 Å². The lowest BCUT2D eigenvalue weighted by Crippen LogP contribution is -2.64. The highest BCUT2D eigenvalue weighted by atomic mass is 19.4. The molecule has 3 aliphatic rings. The first kappa shape index (κ1) is 22.3. The van der Waals surface area contributed by atoms with E-state index in [1.807, 2.05) is 4.90 Å². The summed E-state index contributed by atoms with van der Waals surface area (Å²) in [5.74, 6) is 1.31. The summed E-state index contributed by atoms with van der Waals surface area (Å²) in [4.78, 5) is 28.1. The Labute approximate surface area is 194 Å². The molecule has 2 saturated heterocycles. The second-order valence-electron chi connectivity index (χ2n) is 8.97. The summed E-state index contributed by atoms with van der Waals surface area (Å²) in [5.41, 5.74) is 0.0650. The summed E-state index contributed by atoms with van der Waals surface area (Å²) in [6.45, 7) is 2.49. The standard InChI is InChI=1S/C23H24F3N7O/c1-13-14-8-16(9-14)33(18(13)11-30-19-5-4-15(10-29-19)23(24,25)26)22(34)20-17(12-32(2)31-20)21-27-6-3-7-28-21/h3-7,10,12-14,16,18H,8-9,11H2,1-2H3,(H,29,30)/t13-,14?,16?,18-/m1/s1. The maximum atomic E-state index is 13.8. The molecule has 1 amide bonds. The van der Waals surface area contributed by atoms with E-state index in [0.717, 1.165) is 25.1 Å². The second kappa shape index (κ2) is 8.37. The minimum absolute atomic E-state index is 0.104. The average Bonchev–Trinajstić information content (AvgIpc) is 3.18. The van der Waals surface area contributed by atoms with E-state index < -0.39 is 11.7 Å². The van der Waals surface area contributed by atoms with Gasteiger partial charge < -0.3 is 10.2 Å². The van der Waals surface area contributed by atoms with Gasteiger partial charge in [0.05, 0.1) is 17.2 Å². The first-order chi connectivity index (χ1) is 16.2. The highest BCUT2D eigenvalue weighted by molar-refractivity contribution is 5.98. The van der Waals surface area contributed by atoms with E-state index in [1.54, 1.807) is 36.4 Å². The number of fused-ring (bicyclic) bond motifs is 2. The first-order valence-electron chi connectivity index (χ1n) is 11.1. The van der Waals surface area contributed by atoms with E-state index >= 15 is 0 Å². The zero-order valence-corrected chi connectivity index (χ0v) is 18.7. The lowest BCUT2D eigenvalue weighted by molar-refractivity contribution is -0.137. The molecule has 0 radical (unpaired) electrons. The third kappa shape index (κ3) is 3.99. The summed E-state index contributed by atoms with van der Waals surface area (Å²) < 4.78 is 40.1. The molecule has 0 aromatic carbocycles. The molecule has 1 saturated carbocycles. The molecule has 11 heteroatoms. The number of alkyl halides is 3. The number of carbonyl (C=O) groups excluding carboxylic acids is 1. The van der Waals surface area contributed by atoms with Gasteiger partial charge in [-0.2, -0.15) is 18.3 Å². The fraction of sp³-hybridized carbons (Fsp3) is 0.435. The quantitative estimate of drug-likeness (QED) is 0.611. The van der Waals surface area contributed by atoms with E-state index in [-0.39, 0.29) is 23.9 Å². The van der Waals surface area contributed by atoms with Crippen LogP contribution in [0.2, 0.25) is 0 Å². The smallest absolute Gasteiger partial charge is 0.368 e. The van der Waals surface area contributed by atoms with Crippen molar-refractivity contribution in [3.8, 4) is 11.4 Å². The molecule has 3 fully saturated rings. The number of hydrogen-bond acceptors (Lipinski definition) is 6. The number of anilines is 1. The molecule has 8 nitrogen and oxygen atoms in total. The molecule has 3 aromatic rings. The van der Waals surface area contributed by atoms with Crippen molar-refractivity contribution >= 4 is 11.7 Å². The molecular weight excluding hydrogens is 447 g/mol. The zero-order valence-electron chi connectivity index (χ0n) is 18.7. The molecule has 34 heavy (non-hydrogen) atoms. The van der Waals surface area contributed by atoms with Crippen LogP contribution in [-0.2, 0) is 13.2 Å². The fourth-order valence-corrected chi connectivity index (χ4v) is 4.97. The lowest BCUT2D eigenvalue weighted by Gasteiger charge is -2.57. The Morgan fingerprint density at radius 3 is 2.56 bits per heavy atom. The van der Waals surface area contributed by atoms with Crippen molar-refractivity contribution in [1.82, 2.24) is 29.6 Å². The van der Waals surface area contributed by atoms with Gasteiger partial charge in [-0.3, -0.25) is 9.48 Å². The SMILES string of the molecule is C[C@@H]1C2CC(C2)N(C(=O)c2nn(C)cc2-c2ncccn2)[C@@H]1CNc1ccc(C(F)(F)F)cn1. The van der Waals surface area contributed by atoms with Gasteiger partial charge in [-0.1, -0.05) is 6.92 Å². The van der Waals surface area contributed by atoms with Gasteiger partial charge in [-0.25, -0.2) is 15.0 Å². The third-order valence-electron chi connectivity index (χ3n) is 6.91. The Morgan fingerprint density at radius 1 is 1.18 bits per heavy atom. The molecule has 3 aromatic heterocycles. The molecule has 6 rings (SSSR count). The summed E-state index contributed by atoms with van der Waals surface area (Å²) in [6, 6.07) is 3.97. The van der Waals surface area contributed by atoms with Gasteiger partial charge in [-0.15, -0.1) is 0 Å². The van der Waals surface area contributed by atoms with Crippen LogP contribution in [0.4, 0.5) is 19.0 Å². The lowest BCUT2D eigenvalue weighted by atomic mass is 9.64. The van der Waals surface area contributed by atoms with E-state index in [2.05, 4.69) is 32.3 Å². The van der Waals surface area contributed by atoms with Crippen molar-refractivity contribution in [3.63, 3.8) is 0 Å². The molecule has 2 atom stereocenters. The Kier molecular flexibility index (Phi) is 5.49. The van der Waals surface area contributed by atoms with Gasteiger partial charge >= 0.3 is 6.18 Å². The van der Waals surface area contributed by atoms with Gasteiger partial charge in [0.25, 0.3) is 5.91 Å². The molecule has 2 bridgehead atoms. The summed E-state index contributed by atoms with van der Waals surface area (Å²) in [6.07, 6.45) is 3.22. The number of pyridine rings is 1. The number of aryl methyl sites for hydroxylation is 1. The number of halogens is 3. The van der Waals surface area contributed by atoms with Crippen molar-refractivity contribution in [3.05, 3.63) is 54.2 Å². The molecule has 5 heterocycles. The van der Waals surface area contributed by atoms with E-state index in [1.165, 1.54) is 6.07 Å². The van der Waals surface area contributed by atoms with Gasteiger partial charge in [0.2, 0.25) is 0 Å². The molecule has 2 aliphatic heterocycles. The number of nitrogens with one attached hydrogen (secondary N) is 1. The molecule has 0 unspecified atom stereocenters. The highest BCUT2D eigenvalue weighted by Gasteiger charge is 2.51. The molecule has 1 aliphatic carbocycles. The Bertz CT molecular complexity index is 1170. The van der Waals surface area contributed by atoms with Crippen LogP contribution in [0.3, 0.4) is 0 Å². The van der Waals surface area contributed by atoms with Crippen molar-refractivity contribution in [1.29, 1.82) is 0 Å². The van der Waals surface area contributed by atoms with Gasteiger partial charge in [-0.05, 0) is 42.9 Å². The number of rotatable bonds is 5. The Balaban J connectivity index is 1.39. The Hall–Kier alpha value is -3.50. The molecule has 1 N–H and O–H groups in total. The highest BCUT2D eigenvalue weighted by Crippen LogP contribution is 2.47. The number of nitrogens with zero attached hydrogens (tertiary/aromatic N) is 6. The molecular formula is C23H24F3N7O. The number of carbonyl (C=O) groups is 1. The van der Waals surface area contributed by atoms with E-state index in [9.17, 15) is 18.0 Å². The van der Waals surface area contributed by atoms with Crippen molar-refractivity contribution in [2.24, 2.45) is 18.9 Å². The molecule has 0 spiro atoms. The number of hydrogen-bond donors (Lipinski definition) is 1. The zero-order chi connectivity index (χ0) is 24.0. The number of aromatic nitrogens is 5. The average molecular weight is 471 g/mol. The van der Waals surface area contributed by atoms with E-state index in [0.29, 0.717) is 35.4 Å². The first-order valence-corrected chi connectivity index (χ1v) is 11.1. The normalized spacial score (nSPS) is 24.0. The summed E-state index contributed by atoms with van der Waals surface area (Å²) in [7, 11) is 1.75. The topological polar surface area (TPSA) is 88.8 Å². The van der Waals surface area contributed by atoms with Gasteiger partial charge in [0, 0.05) is 44.4 Å². The van der Waals surface area contributed by atoms with Crippen LogP contribution < -0.4 is 5.32 Å². The van der Waals surface area contributed by atoms with E-state index in [4.69, 9.17) is 0 Å². The van der Waals surface area contributed by atoms with Crippen LogP contribution in [0.25, 0.3) is 11.4 Å². The minimum atomic E-state index is -4.43. The second-order valence-corrected chi connectivity index (χ2v) is 8.97. The predicted octanol–water partition coefficient (Wildman–Crippen LogP) is 3.64. The number of piperidine rings is 2. The largest absolute Gasteiger partial charge is 0.417 e. The van der Waals surface area contributed by atoms with Gasteiger partial charge in [0.15, 0.2) is 11.5 Å². The number of amides is 1.